The van der Waals surface area contributed by atoms with Gasteiger partial charge in [0.05, 0.1) is 5.56 Å². The van der Waals surface area contributed by atoms with E-state index >= 15 is 0 Å². The number of allylic oxidation sites excluding steroid dienone is 1. The van der Waals surface area contributed by atoms with Crippen LogP contribution >= 0.6 is 0 Å². The van der Waals surface area contributed by atoms with Crippen LogP contribution in [-0.4, -0.2) is 16.2 Å². The first-order valence-corrected chi connectivity index (χ1v) is 8.03. The zero-order valence-corrected chi connectivity index (χ0v) is 13.9. The number of carboxylic acid groups (broad SMARTS) is 1. The van der Waals surface area contributed by atoms with Crippen LogP contribution in [0.3, 0.4) is 0 Å². The van der Waals surface area contributed by atoms with Crippen molar-refractivity contribution in [3.8, 4) is 28.7 Å². The van der Waals surface area contributed by atoms with Gasteiger partial charge in [0.25, 0.3) is 0 Å². The second-order valence-corrected chi connectivity index (χ2v) is 5.62. The summed E-state index contributed by atoms with van der Waals surface area (Å²) in [6.07, 6.45) is 3.70. The highest BCUT2D eigenvalue weighted by molar-refractivity contribution is 5.87. The molecule has 0 bridgehead atoms. The van der Waals surface area contributed by atoms with Crippen molar-refractivity contribution in [3.63, 3.8) is 0 Å². The molecule has 0 aliphatic rings. The lowest BCUT2D eigenvalue weighted by Gasteiger charge is -2.06. The third-order valence-corrected chi connectivity index (χ3v) is 3.83. The van der Waals surface area contributed by atoms with Gasteiger partial charge in [0.1, 0.15) is 5.75 Å². The molecule has 0 amide bonds. The third-order valence-electron chi connectivity index (χ3n) is 3.83. The normalized spacial score (nSPS) is 10.3. The zero-order chi connectivity index (χ0) is 18.4. The fourth-order valence-corrected chi connectivity index (χ4v) is 2.50. The number of aromatic hydroxyl groups is 1. The molecule has 3 aromatic rings. The van der Waals surface area contributed by atoms with Gasteiger partial charge < -0.3 is 10.2 Å². The second kappa shape index (κ2) is 7.87. The third kappa shape index (κ3) is 4.19. The maximum absolute atomic E-state index is 10.8. The molecule has 0 atom stereocenters. The summed E-state index contributed by atoms with van der Waals surface area (Å²) in [5.41, 5.74) is 4.09. The van der Waals surface area contributed by atoms with Gasteiger partial charge in [0.15, 0.2) is 0 Å². The molecule has 0 unspecified atom stereocenters. The Kier molecular flexibility index (Phi) is 5.16. The largest absolute Gasteiger partial charge is 0.508 e. The summed E-state index contributed by atoms with van der Waals surface area (Å²) in [6, 6.07) is 21.5. The lowest BCUT2D eigenvalue weighted by atomic mass is 9.99. The van der Waals surface area contributed by atoms with E-state index in [0.717, 1.165) is 22.3 Å². The first-order chi connectivity index (χ1) is 12.6. The number of hydrogen-bond donors (Lipinski definition) is 2. The van der Waals surface area contributed by atoms with E-state index in [9.17, 15) is 9.90 Å². The average molecular weight is 340 g/mol. The van der Waals surface area contributed by atoms with Crippen molar-refractivity contribution in [2.45, 2.75) is 0 Å². The highest BCUT2D eigenvalue weighted by Gasteiger charge is 2.02. The Labute approximate surface area is 151 Å². The molecule has 126 valence electrons. The predicted octanol–water partition coefficient (Wildman–Crippen LogP) is 4.82. The van der Waals surface area contributed by atoms with Gasteiger partial charge >= 0.3 is 5.97 Å². The topological polar surface area (TPSA) is 57.5 Å². The van der Waals surface area contributed by atoms with Crippen molar-refractivity contribution >= 4 is 12.0 Å². The number of phenolic OH excluding ortho intramolecular Hbond substituents is 1. The van der Waals surface area contributed by atoms with E-state index in [4.69, 9.17) is 5.11 Å². The number of hydrogen-bond acceptors (Lipinski definition) is 2. The maximum Gasteiger partial charge on any atom is 0.335 e. The van der Waals surface area contributed by atoms with Crippen molar-refractivity contribution in [3.05, 3.63) is 95.6 Å². The first-order valence-electron chi connectivity index (χ1n) is 8.03. The molecule has 3 nitrogen and oxygen atoms in total. The Morgan fingerprint density at radius 2 is 1.58 bits per heavy atom. The number of phenols is 1. The Hall–Kier alpha value is -3.77. The number of carbonyl (C=O) groups is 1. The van der Waals surface area contributed by atoms with Crippen molar-refractivity contribution in [2.24, 2.45) is 0 Å². The predicted molar refractivity (Wildman–Crippen MR) is 103 cm³/mol. The van der Waals surface area contributed by atoms with Gasteiger partial charge in [-0.2, -0.15) is 0 Å². The van der Waals surface area contributed by atoms with Crippen LogP contribution in [0.5, 0.6) is 5.75 Å². The second-order valence-electron chi connectivity index (χ2n) is 5.62. The number of carboxylic acids is 1. The van der Waals surface area contributed by atoms with Crippen molar-refractivity contribution < 1.29 is 15.0 Å². The Bertz CT molecular complexity index is 1000. The molecule has 26 heavy (non-hydrogen) atoms. The van der Waals surface area contributed by atoms with E-state index in [2.05, 4.69) is 11.8 Å². The van der Waals surface area contributed by atoms with Gasteiger partial charge in [-0.05, 0) is 65.2 Å². The monoisotopic (exact) mass is 340 g/mol. The van der Waals surface area contributed by atoms with E-state index < -0.39 is 5.97 Å². The van der Waals surface area contributed by atoms with Crippen LogP contribution in [0.25, 0.3) is 17.2 Å². The van der Waals surface area contributed by atoms with Gasteiger partial charge in [-0.15, -0.1) is 0 Å². The molecule has 0 heterocycles. The molecule has 0 saturated heterocycles. The smallest absolute Gasteiger partial charge is 0.335 e. The summed E-state index contributed by atoms with van der Waals surface area (Å²) in [4.78, 5) is 10.8. The first kappa shape index (κ1) is 17.1. The molecule has 3 rings (SSSR count). The number of benzene rings is 3. The number of rotatable bonds is 3. The minimum absolute atomic E-state index is 0.238. The van der Waals surface area contributed by atoms with Gasteiger partial charge in [-0.25, -0.2) is 4.79 Å². The Balaban J connectivity index is 1.80. The van der Waals surface area contributed by atoms with Gasteiger partial charge in [0.2, 0.25) is 0 Å². The average Bonchev–Trinajstić information content (AvgIpc) is 2.67. The van der Waals surface area contributed by atoms with E-state index in [-0.39, 0.29) is 11.3 Å². The quantitative estimate of drug-likeness (QED) is 0.672. The highest BCUT2D eigenvalue weighted by Crippen LogP contribution is 2.26. The van der Waals surface area contributed by atoms with E-state index in [1.807, 2.05) is 42.5 Å². The molecule has 0 fully saturated rings. The summed E-state index contributed by atoms with van der Waals surface area (Å²) < 4.78 is 0. The van der Waals surface area contributed by atoms with Crippen LogP contribution in [-0.2, 0) is 0 Å². The van der Waals surface area contributed by atoms with Crippen molar-refractivity contribution in [1.82, 2.24) is 0 Å². The van der Waals surface area contributed by atoms with Crippen LogP contribution in [0.15, 0.2) is 78.9 Å². The summed E-state index contributed by atoms with van der Waals surface area (Å²) in [7, 11) is 0. The summed E-state index contributed by atoms with van der Waals surface area (Å²) in [5, 5.41) is 18.3. The van der Waals surface area contributed by atoms with Crippen LogP contribution < -0.4 is 0 Å². The van der Waals surface area contributed by atoms with Crippen LogP contribution in [0.2, 0.25) is 0 Å². The van der Waals surface area contributed by atoms with Crippen LogP contribution in [0, 0.1) is 11.8 Å². The fourth-order valence-electron chi connectivity index (χ4n) is 2.50. The van der Waals surface area contributed by atoms with Crippen LogP contribution in [0.1, 0.15) is 21.5 Å². The molecular weight excluding hydrogens is 324 g/mol. The van der Waals surface area contributed by atoms with Gasteiger partial charge in [0, 0.05) is 5.56 Å². The molecule has 0 radical (unpaired) electrons. The van der Waals surface area contributed by atoms with E-state index in [1.165, 1.54) is 12.1 Å². The highest BCUT2D eigenvalue weighted by atomic mass is 16.4. The van der Waals surface area contributed by atoms with Gasteiger partial charge in [-0.3, -0.25) is 0 Å². The SMILES string of the molecule is O=C(O)c1ccc(C#C/C=C/c2ccccc2-c2ccc(O)cc2)cc1. The molecule has 0 spiro atoms. The summed E-state index contributed by atoms with van der Waals surface area (Å²) >= 11 is 0. The van der Waals surface area contributed by atoms with E-state index in [1.54, 1.807) is 30.3 Å². The minimum Gasteiger partial charge on any atom is -0.508 e. The molecule has 0 aliphatic carbocycles. The molecule has 0 aliphatic heterocycles. The fraction of sp³-hybridized carbons (Fsp3) is 0. The lowest BCUT2D eigenvalue weighted by Crippen LogP contribution is -1.94. The molecule has 2 N–H and O–H groups in total. The lowest BCUT2D eigenvalue weighted by molar-refractivity contribution is 0.0697. The van der Waals surface area contributed by atoms with Crippen molar-refractivity contribution in [1.29, 1.82) is 0 Å². The minimum atomic E-state index is -0.949. The zero-order valence-electron chi connectivity index (χ0n) is 13.9. The number of aromatic carboxylic acids is 1. The van der Waals surface area contributed by atoms with E-state index in [0.29, 0.717) is 0 Å². The molecule has 0 saturated carbocycles. The summed E-state index contributed by atoms with van der Waals surface area (Å²) in [6.45, 7) is 0. The maximum atomic E-state index is 10.8. The Morgan fingerprint density at radius 1 is 0.885 bits per heavy atom. The Morgan fingerprint density at radius 3 is 2.27 bits per heavy atom. The summed E-state index contributed by atoms with van der Waals surface area (Å²) in [5.74, 6) is 5.24. The molecule has 3 aromatic carbocycles. The standard InChI is InChI=1S/C23H16O3/c24-21-15-13-19(14-16-21)22-8-4-3-7-18(22)6-2-1-5-17-9-11-20(12-10-17)23(25)26/h2-4,6-16,24H,(H,25,26)/b6-2+. The van der Waals surface area contributed by atoms with Crippen LogP contribution in [0.4, 0.5) is 0 Å². The molecule has 0 aromatic heterocycles. The molecule has 3 heteroatoms. The molecular formula is C23H16O3. The van der Waals surface area contributed by atoms with Crippen molar-refractivity contribution in [2.75, 3.05) is 0 Å². The van der Waals surface area contributed by atoms with Gasteiger partial charge in [-0.1, -0.05) is 48.2 Å².